The fraction of sp³-hybridized carbons (Fsp3) is 0.800. The molecule has 1 N–H and O–H groups in total. The van der Waals surface area contributed by atoms with Crippen molar-refractivity contribution in [2.24, 2.45) is 0 Å². The summed E-state index contributed by atoms with van der Waals surface area (Å²) in [6.07, 6.45) is 8.73. The van der Waals surface area contributed by atoms with E-state index in [0.29, 0.717) is 6.04 Å². The zero-order valence-electron chi connectivity index (χ0n) is 12.0. The summed E-state index contributed by atoms with van der Waals surface area (Å²) >= 11 is 1.81. The van der Waals surface area contributed by atoms with Gasteiger partial charge in [-0.2, -0.15) is 0 Å². The van der Waals surface area contributed by atoms with Crippen molar-refractivity contribution < 1.29 is 0 Å². The molecule has 2 fully saturated rings. The SMILES string of the molecule is CCNC1CC2CCCC(C1)N2C(C)c1nccs1. The van der Waals surface area contributed by atoms with Crippen molar-refractivity contribution in [3.63, 3.8) is 0 Å². The van der Waals surface area contributed by atoms with Crippen LogP contribution in [-0.2, 0) is 0 Å². The summed E-state index contributed by atoms with van der Waals surface area (Å²) < 4.78 is 0. The normalized spacial score (nSPS) is 33.3. The molecule has 0 amide bonds. The highest BCUT2D eigenvalue weighted by Crippen LogP contribution is 2.40. The molecule has 1 aromatic heterocycles. The number of thiazole rings is 1. The van der Waals surface area contributed by atoms with E-state index in [-0.39, 0.29) is 0 Å². The minimum Gasteiger partial charge on any atom is -0.314 e. The Bertz CT molecular complexity index is 378. The van der Waals surface area contributed by atoms with Gasteiger partial charge in [0.15, 0.2) is 0 Å². The molecular formula is C15H25N3S. The van der Waals surface area contributed by atoms with Crippen LogP contribution in [0.1, 0.15) is 57.0 Å². The van der Waals surface area contributed by atoms with Gasteiger partial charge in [0, 0.05) is 29.7 Å². The van der Waals surface area contributed by atoms with Crippen molar-refractivity contribution in [2.45, 2.75) is 70.1 Å². The lowest BCUT2D eigenvalue weighted by Gasteiger charge is -2.51. The predicted octanol–water partition coefficient (Wildman–Crippen LogP) is 3.20. The molecule has 0 aromatic carbocycles. The van der Waals surface area contributed by atoms with Gasteiger partial charge in [-0.15, -0.1) is 11.3 Å². The van der Waals surface area contributed by atoms with Crippen LogP contribution in [0.4, 0.5) is 0 Å². The van der Waals surface area contributed by atoms with E-state index >= 15 is 0 Å². The Morgan fingerprint density at radius 1 is 1.42 bits per heavy atom. The fourth-order valence-electron chi connectivity index (χ4n) is 4.07. The Balaban J connectivity index is 1.75. The van der Waals surface area contributed by atoms with Crippen LogP contribution in [-0.4, -0.2) is 34.6 Å². The third-order valence-electron chi connectivity index (χ3n) is 4.78. The molecule has 2 saturated heterocycles. The van der Waals surface area contributed by atoms with Gasteiger partial charge >= 0.3 is 0 Å². The van der Waals surface area contributed by atoms with Gasteiger partial charge < -0.3 is 5.32 Å². The number of piperidine rings is 2. The predicted molar refractivity (Wildman–Crippen MR) is 80.5 cm³/mol. The average Bonchev–Trinajstić information content (AvgIpc) is 2.91. The Morgan fingerprint density at radius 2 is 2.16 bits per heavy atom. The summed E-state index contributed by atoms with van der Waals surface area (Å²) in [5.74, 6) is 0. The summed E-state index contributed by atoms with van der Waals surface area (Å²) in [5, 5.41) is 7.06. The third-order valence-corrected chi connectivity index (χ3v) is 5.73. The Kier molecular flexibility index (Phi) is 4.20. The Morgan fingerprint density at radius 3 is 2.74 bits per heavy atom. The number of fused-ring (bicyclic) bond motifs is 2. The molecule has 0 spiro atoms. The van der Waals surface area contributed by atoms with E-state index in [1.54, 1.807) is 11.3 Å². The van der Waals surface area contributed by atoms with Crippen LogP contribution >= 0.6 is 11.3 Å². The highest BCUT2D eigenvalue weighted by atomic mass is 32.1. The van der Waals surface area contributed by atoms with Crippen molar-refractivity contribution in [3.05, 3.63) is 16.6 Å². The number of rotatable bonds is 4. The van der Waals surface area contributed by atoms with Gasteiger partial charge in [0.2, 0.25) is 0 Å². The van der Waals surface area contributed by atoms with Gasteiger partial charge in [-0.1, -0.05) is 13.3 Å². The molecule has 0 saturated carbocycles. The van der Waals surface area contributed by atoms with E-state index in [4.69, 9.17) is 0 Å². The van der Waals surface area contributed by atoms with Gasteiger partial charge in [0.1, 0.15) is 5.01 Å². The third kappa shape index (κ3) is 2.71. The number of hydrogen-bond acceptors (Lipinski definition) is 4. The summed E-state index contributed by atoms with van der Waals surface area (Å²) in [6, 6.07) is 2.75. The van der Waals surface area contributed by atoms with Crippen molar-refractivity contribution in [1.82, 2.24) is 15.2 Å². The smallest absolute Gasteiger partial charge is 0.109 e. The molecule has 3 rings (SSSR count). The van der Waals surface area contributed by atoms with Crippen molar-refractivity contribution in [3.8, 4) is 0 Å². The minimum atomic E-state index is 0.498. The molecule has 1 aromatic rings. The van der Waals surface area contributed by atoms with Gasteiger partial charge in [-0.25, -0.2) is 4.98 Å². The summed E-state index contributed by atoms with van der Waals surface area (Å²) in [6.45, 7) is 5.67. The molecule has 0 aliphatic carbocycles. The van der Waals surface area contributed by atoms with Crippen LogP contribution in [0.2, 0.25) is 0 Å². The van der Waals surface area contributed by atoms with E-state index in [2.05, 4.69) is 34.4 Å². The van der Waals surface area contributed by atoms with Crippen molar-refractivity contribution in [2.75, 3.05) is 6.54 Å². The Hall–Kier alpha value is -0.450. The lowest BCUT2D eigenvalue weighted by molar-refractivity contribution is -0.00606. The largest absolute Gasteiger partial charge is 0.314 e. The second-order valence-electron chi connectivity index (χ2n) is 5.96. The monoisotopic (exact) mass is 279 g/mol. The lowest BCUT2D eigenvalue weighted by atomic mass is 9.80. The molecule has 3 atom stereocenters. The molecule has 3 nitrogen and oxygen atoms in total. The van der Waals surface area contributed by atoms with Crippen LogP contribution in [0, 0.1) is 0 Å². The van der Waals surface area contributed by atoms with Crippen LogP contribution < -0.4 is 5.32 Å². The fourth-order valence-corrected chi connectivity index (χ4v) is 4.78. The summed E-state index contributed by atoms with van der Waals surface area (Å²) in [4.78, 5) is 7.31. The Labute approximate surface area is 120 Å². The van der Waals surface area contributed by atoms with E-state index in [1.165, 1.54) is 37.1 Å². The summed E-state index contributed by atoms with van der Waals surface area (Å²) in [5.41, 5.74) is 0. The van der Waals surface area contributed by atoms with Crippen LogP contribution in [0.15, 0.2) is 11.6 Å². The standard InChI is InChI=1S/C15H25N3S/c1-3-16-12-9-13-5-4-6-14(10-12)18(13)11(2)15-17-7-8-19-15/h7-8,11-14,16H,3-6,9-10H2,1-2H3. The lowest BCUT2D eigenvalue weighted by Crippen LogP contribution is -2.56. The second kappa shape index (κ2) is 5.90. The zero-order valence-corrected chi connectivity index (χ0v) is 12.8. The molecule has 3 heterocycles. The van der Waals surface area contributed by atoms with Gasteiger partial charge in [-0.05, 0) is 39.2 Å². The van der Waals surface area contributed by atoms with Gasteiger partial charge in [-0.3, -0.25) is 4.90 Å². The molecule has 19 heavy (non-hydrogen) atoms. The molecule has 3 unspecified atom stereocenters. The molecule has 2 aliphatic heterocycles. The minimum absolute atomic E-state index is 0.498. The molecule has 106 valence electrons. The maximum Gasteiger partial charge on any atom is 0.109 e. The molecule has 2 bridgehead atoms. The van der Waals surface area contributed by atoms with Crippen molar-refractivity contribution in [1.29, 1.82) is 0 Å². The van der Waals surface area contributed by atoms with Gasteiger partial charge in [0.05, 0.1) is 6.04 Å². The maximum atomic E-state index is 4.54. The van der Waals surface area contributed by atoms with Crippen LogP contribution in [0.3, 0.4) is 0 Å². The van der Waals surface area contributed by atoms with Crippen molar-refractivity contribution >= 4 is 11.3 Å². The topological polar surface area (TPSA) is 28.2 Å². The first-order valence-corrected chi connectivity index (χ1v) is 8.57. The molecule has 4 heteroatoms. The van der Waals surface area contributed by atoms with Gasteiger partial charge in [0.25, 0.3) is 0 Å². The second-order valence-corrected chi connectivity index (χ2v) is 6.88. The maximum absolute atomic E-state index is 4.54. The van der Waals surface area contributed by atoms with E-state index in [1.807, 2.05) is 6.20 Å². The number of hydrogen-bond donors (Lipinski definition) is 1. The first-order valence-electron chi connectivity index (χ1n) is 7.69. The van der Waals surface area contributed by atoms with E-state index in [0.717, 1.165) is 24.7 Å². The number of nitrogens with zero attached hydrogens (tertiary/aromatic N) is 2. The van der Waals surface area contributed by atoms with Crippen LogP contribution in [0.5, 0.6) is 0 Å². The summed E-state index contributed by atoms with van der Waals surface area (Å²) in [7, 11) is 0. The zero-order chi connectivity index (χ0) is 13.2. The molecule has 2 aliphatic rings. The quantitative estimate of drug-likeness (QED) is 0.917. The first kappa shape index (κ1) is 13.5. The van der Waals surface area contributed by atoms with Crippen LogP contribution in [0.25, 0.3) is 0 Å². The molecular weight excluding hydrogens is 254 g/mol. The number of nitrogens with one attached hydrogen (secondary N) is 1. The highest BCUT2D eigenvalue weighted by Gasteiger charge is 2.40. The number of aromatic nitrogens is 1. The highest BCUT2D eigenvalue weighted by molar-refractivity contribution is 7.09. The first-order chi connectivity index (χ1) is 9.29. The van der Waals surface area contributed by atoms with E-state index in [9.17, 15) is 0 Å². The van der Waals surface area contributed by atoms with E-state index < -0.39 is 0 Å². The molecule has 0 radical (unpaired) electrons. The average molecular weight is 279 g/mol.